The van der Waals surface area contributed by atoms with E-state index in [-0.39, 0.29) is 42.7 Å². The molecule has 1 atom stereocenters. The third-order valence-corrected chi connectivity index (χ3v) is 5.59. The van der Waals surface area contributed by atoms with Crippen LogP contribution in [0.3, 0.4) is 0 Å². The summed E-state index contributed by atoms with van der Waals surface area (Å²) in [5.74, 6) is -3.82. The standard InChI is InChI=1S/C22H28F2N8O/c1-13-9-18(28-20(26-13)22(4,23)24)32-16-10-17(27-14(2)33)25-11-15(16)19(29-32)31-8-7-21(3,12-31)30(5)6/h9-11H,7-8,12H2,1-6H3,(H,25,27,33)/i5D3,6D3. The number of aromatic nitrogens is 5. The van der Waals surface area contributed by atoms with Gasteiger partial charge in [0.1, 0.15) is 5.82 Å². The Balaban J connectivity index is 1.86. The van der Waals surface area contributed by atoms with Crippen molar-refractivity contribution in [2.45, 2.75) is 45.6 Å². The molecule has 1 aliphatic rings. The number of pyridine rings is 1. The first-order valence-corrected chi connectivity index (χ1v) is 10.3. The number of hydrogen-bond donors (Lipinski definition) is 1. The van der Waals surface area contributed by atoms with Crippen LogP contribution in [0.1, 0.15) is 46.9 Å². The molecule has 176 valence electrons. The lowest BCUT2D eigenvalue weighted by Crippen LogP contribution is -2.43. The van der Waals surface area contributed by atoms with E-state index >= 15 is 0 Å². The molecule has 9 nitrogen and oxygen atoms in total. The topological polar surface area (TPSA) is 92.1 Å². The van der Waals surface area contributed by atoms with Gasteiger partial charge in [0.25, 0.3) is 0 Å². The normalized spacial score (nSPS) is 22.5. The molecule has 11 heteroatoms. The number of carbonyl (C=O) groups excluding carboxylic acids is 1. The van der Waals surface area contributed by atoms with Crippen molar-refractivity contribution in [1.29, 1.82) is 0 Å². The average molecular weight is 465 g/mol. The molecule has 0 spiro atoms. The Hall–Kier alpha value is -3.21. The van der Waals surface area contributed by atoms with Gasteiger partial charge in [-0.3, -0.25) is 4.79 Å². The van der Waals surface area contributed by atoms with Gasteiger partial charge in [-0.1, -0.05) is 0 Å². The Morgan fingerprint density at radius 3 is 2.76 bits per heavy atom. The molecule has 3 aromatic rings. The molecule has 4 heterocycles. The zero-order valence-electron chi connectivity index (χ0n) is 24.6. The van der Waals surface area contributed by atoms with Crippen molar-refractivity contribution in [2.24, 2.45) is 0 Å². The van der Waals surface area contributed by atoms with E-state index in [0.29, 0.717) is 28.5 Å². The molecular weight excluding hydrogens is 430 g/mol. The lowest BCUT2D eigenvalue weighted by molar-refractivity contribution is -0.114. The van der Waals surface area contributed by atoms with Gasteiger partial charge in [-0.25, -0.2) is 19.6 Å². The third kappa shape index (κ3) is 4.37. The molecule has 1 amide bonds. The number of aryl methyl sites for hydroxylation is 1. The van der Waals surface area contributed by atoms with Crippen molar-refractivity contribution < 1.29 is 21.8 Å². The van der Waals surface area contributed by atoms with E-state index in [0.717, 1.165) is 0 Å². The number of fused-ring (bicyclic) bond motifs is 1. The number of rotatable bonds is 5. The minimum atomic E-state index is -3.32. The number of likely N-dealkylation sites (N-methyl/N-ethyl adjacent to an activating group) is 1. The second-order valence-corrected chi connectivity index (χ2v) is 8.59. The highest BCUT2D eigenvalue weighted by Gasteiger charge is 2.37. The summed E-state index contributed by atoms with van der Waals surface area (Å²) in [6.45, 7) is -0.388. The van der Waals surface area contributed by atoms with Gasteiger partial charge in [-0.05, 0) is 34.2 Å². The van der Waals surface area contributed by atoms with Gasteiger partial charge >= 0.3 is 5.92 Å². The van der Waals surface area contributed by atoms with Crippen molar-refractivity contribution in [3.05, 3.63) is 29.8 Å². The maximum Gasteiger partial charge on any atom is 0.303 e. The summed E-state index contributed by atoms with van der Waals surface area (Å²) in [7, 11) is 0. The fourth-order valence-corrected chi connectivity index (χ4v) is 3.82. The fourth-order valence-electron chi connectivity index (χ4n) is 3.82. The maximum atomic E-state index is 14.1. The number of carbonyl (C=O) groups is 1. The Bertz CT molecular complexity index is 1410. The average Bonchev–Trinajstić information content (AvgIpc) is 3.30. The molecule has 0 aromatic carbocycles. The molecular formula is C22H28F2N8O. The van der Waals surface area contributed by atoms with E-state index < -0.39 is 31.2 Å². The zero-order valence-corrected chi connectivity index (χ0v) is 18.6. The molecule has 1 N–H and O–H groups in total. The van der Waals surface area contributed by atoms with E-state index in [1.54, 1.807) is 18.7 Å². The molecule has 0 bridgehead atoms. The Kier molecular flexibility index (Phi) is 3.97. The first kappa shape index (κ1) is 16.4. The molecule has 1 aliphatic heterocycles. The van der Waals surface area contributed by atoms with Gasteiger partial charge in [-0.2, -0.15) is 8.78 Å². The lowest BCUT2D eigenvalue weighted by Gasteiger charge is -2.32. The summed E-state index contributed by atoms with van der Waals surface area (Å²) in [6, 6.07) is 2.99. The van der Waals surface area contributed by atoms with Crippen LogP contribution in [0.15, 0.2) is 18.3 Å². The van der Waals surface area contributed by atoms with E-state index in [1.807, 2.05) is 0 Å². The third-order valence-electron chi connectivity index (χ3n) is 5.59. The Morgan fingerprint density at radius 2 is 2.09 bits per heavy atom. The SMILES string of the molecule is [2H]C([2H])([2H])N(C([2H])([2H])[2H])C1(C)CCN(c2nn(-c3cc(C)nc(C(C)(F)F)n3)c3cc(NC(C)=O)ncc23)C1. The number of nitrogens with one attached hydrogen (secondary N) is 1. The summed E-state index contributed by atoms with van der Waals surface area (Å²) in [4.78, 5) is 26.1. The smallest absolute Gasteiger partial charge is 0.303 e. The van der Waals surface area contributed by atoms with Gasteiger partial charge in [0, 0.05) is 64.7 Å². The van der Waals surface area contributed by atoms with Crippen LogP contribution in [0.25, 0.3) is 16.7 Å². The fraction of sp³-hybridized carbons (Fsp3) is 0.500. The maximum absolute atomic E-state index is 14.1. The quantitative estimate of drug-likeness (QED) is 0.620. The molecule has 3 aromatic heterocycles. The van der Waals surface area contributed by atoms with Gasteiger partial charge < -0.3 is 15.1 Å². The van der Waals surface area contributed by atoms with Gasteiger partial charge in [-0.15, -0.1) is 5.10 Å². The highest BCUT2D eigenvalue weighted by molar-refractivity contribution is 5.95. The minimum absolute atomic E-state index is 0.00439. The highest BCUT2D eigenvalue weighted by atomic mass is 19.3. The zero-order chi connectivity index (χ0) is 29.1. The van der Waals surface area contributed by atoms with Crippen LogP contribution in [-0.2, 0) is 10.7 Å². The molecule has 0 radical (unpaired) electrons. The van der Waals surface area contributed by atoms with Gasteiger partial charge in [0.15, 0.2) is 11.6 Å². The predicted molar refractivity (Wildman–Crippen MR) is 122 cm³/mol. The summed E-state index contributed by atoms with van der Waals surface area (Å²) in [5.41, 5.74) is -0.610. The number of amides is 1. The van der Waals surface area contributed by atoms with E-state index in [2.05, 4.69) is 25.4 Å². The molecule has 1 fully saturated rings. The van der Waals surface area contributed by atoms with Gasteiger partial charge in [0.2, 0.25) is 11.7 Å². The van der Waals surface area contributed by atoms with Crippen LogP contribution in [-0.4, -0.2) is 68.1 Å². The van der Waals surface area contributed by atoms with Crippen molar-refractivity contribution in [3.8, 4) is 5.82 Å². The molecule has 33 heavy (non-hydrogen) atoms. The van der Waals surface area contributed by atoms with Crippen molar-refractivity contribution >= 4 is 28.4 Å². The van der Waals surface area contributed by atoms with Crippen molar-refractivity contribution in [2.75, 3.05) is 37.3 Å². The van der Waals surface area contributed by atoms with Crippen LogP contribution in [0.4, 0.5) is 20.4 Å². The number of nitrogens with zero attached hydrogens (tertiary/aromatic N) is 7. The van der Waals surface area contributed by atoms with Crippen molar-refractivity contribution in [3.63, 3.8) is 0 Å². The highest BCUT2D eigenvalue weighted by Crippen LogP contribution is 2.35. The molecule has 1 saturated heterocycles. The summed E-state index contributed by atoms with van der Waals surface area (Å²) < 4.78 is 76.8. The predicted octanol–water partition coefficient (Wildman–Crippen LogP) is 3.12. The van der Waals surface area contributed by atoms with Crippen LogP contribution >= 0.6 is 0 Å². The first-order chi connectivity index (χ1) is 17.8. The summed E-state index contributed by atoms with van der Waals surface area (Å²) in [5, 5.41) is 7.67. The molecule has 0 saturated carbocycles. The summed E-state index contributed by atoms with van der Waals surface area (Å²) >= 11 is 0. The Labute approximate surface area is 199 Å². The van der Waals surface area contributed by atoms with Crippen LogP contribution in [0.5, 0.6) is 0 Å². The monoisotopic (exact) mass is 464 g/mol. The Morgan fingerprint density at radius 1 is 1.33 bits per heavy atom. The number of anilines is 2. The van der Waals surface area contributed by atoms with E-state index in [4.69, 9.17) is 8.22 Å². The van der Waals surface area contributed by atoms with Crippen LogP contribution in [0, 0.1) is 6.92 Å². The first-order valence-electron chi connectivity index (χ1n) is 13.3. The van der Waals surface area contributed by atoms with Crippen LogP contribution in [0.2, 0.25) is 0 Å². The lowest BCUT2D eigenvalue weighted by atomic mass is 10.0. The second-order valence-electron chi connectivity index (χ2n) is 8.59. The summed E-state index contributed by atoms with van der Waals surface area (Å²) in [6.07, 6.45) is 1.65. The number of hydrogen-bond acceptors (Lipinski definition) is 7. The molecule has 0 aliphatic carbocycles. The van der Waals surface area contributed by atoms with Crippen molar-refractivity contribution in [1.82, 2.24) is 29.6 Å². The number of alkyl halides is 2. The van der Waals surface area contributed by atoms with E-state index in [1.165, 1.54) is 29.9 Å². The second kappa shape index (κ2) is 7.98. The van der Waals surface area contributed by atoms with Gasteiger partial charge in [0.05, 0.1) is 10.9 Å². The van der Waals surface area contributed by atoms with Crippen LogP contribution < -0.4 is 10.2 Å². The largest absolute Gasteiger partial charge is 0.353 e. The molecule has 1 unspecified atom stereocenters. The van der Waals surface area contributed by atoms with E-state index in [9.17, 15) is 13.6 Å². The number of halogens is 2. The molecule has 4 rings (SSSR count). The minimum Gasteiger partial charge on any atom is -0.353 e.